The summed E-state index contributed by atoms with van der Waals surface area (Å²) in [5.41, 5.74) is 1.57. The minimum atomic E-state index is -0.911. The number of rotatable bonds is 5. The lowest BCUT2D eigenvalue weighted by atomic mass is 10.0. The molecule has 3 heterocycles. The third-order valence-electron chi connectivity index (χ3n) is 6.73. The van der Waals surface area contributed by atoms with E-state index in [-0.39, 0.29) is 36.6 Å². The number of hydrogen-bond acceptors (Lipinski definition) is 5. The fourth-order valence-electron chi connectivity index (χ4n) is 4.87. The van der Waals surface area contributed by atoms with E-state index in [9.17, 15) is 19.2 Å². The lowest BCUT2D eigenvalue weighted by Crippen LogP contribution is -2.55. The van der Waals surface area contributed by atoms with Crippen molar-refractivity contribution < 1.29 is 19.2 Å². The maximum atomic E-state index is 14.1. The van der Waals surface area contributed by atoms with Crippen molar-refractivity contribution in [2.75, 3.05) is 24.5 Å². The fraction of sp³-hybridized carbons (Fsp3) is 0.385. The Morgan fingerprint density at radius 1 is 1.00 bits per heavy atom. The maximum Gasteiger partial charge on any atom is 0.251 e. The zero-order valence-electron chi connectivity index (χ0n) is 19.3. The predicted molar refractivity (Wildman–Crippen MR) is 133 cm³/mol. The molecule has 3 aliphatic rings. The molecule has 0 radical (unpaired) electrons. The summed E-state index contributed by atoms with van der Waals surface area (Å²) in [4.78, 5) is 56.2. The van der Waals surface area contributed by atoms with E-state index in [2.05, 4.69) is 10.6 Å². The monoisotopic (exact) mass is 492 g/mol. The number of amides is 4. The zero-order chi connectivity index (χ0) is 24.4. The first kappa shape index (κ1) is 23.4. The van der Waals surface area contributed by atoms with Gasteiger partial charge in [0.2, 0.25) is 17.7 Å². The molecule has 3 atom stereocenters. The van der Waals surface area contributed by atoms with Gasteiger partial charge in [-0.3, -0.25) is 19.2 Å². The van der Waals surface area contributed by atoms with Crippen molar-refractivity contribution in [3.05, 3.63) is 60.2 Å². The van der Waals surface area contributed by atoms with Gasteiger partial charge in [0.1, 0.15) is 18.6 Å². The summed E-state index contributed by atoms with van der Waals surface area (Å²) in [6.07, 6.45) is 2.61. The molecule has 9 heteroatoms. The van der Waals surface area contributed by atoms with Crippen LogP contribution >= 0.6 is 11.8 Å². The van der Waals surface area contributed by atoms with Gasteiger partial charge in [0.15, 0.2) is 0 Å². The van der Waals surface area contributed by atoms with Gasteiger partial charge in [0.05, 0.1) is 10.9 Å². The summed E-state index contributed by atoms with van der Waals surface area (Å²) < 4.78 is 0. The first-order valence-electron chi connectivity index (χ1n) is 12.0. The quantitative estimate of drug-likeness (QED) is 0.667. The molecule has 2 aromatic rings. The van der Waals surface area contributed by atoms with Gasteiger partial charge in [-0.25, -0.2) is 0 Å². The third kappa shape index (κ3) is 4.91. The largest absolute Gasteiger partial charge is 0.344 e. The van der Waals surface area contributed by atoms with Crippen molar-refractivity contribution >= 4 is 41.1 Å². The Morgan fingerprint density at radius 2 is 1.71 bits per heavy atom. The number of benzene rings is 2. The van der Waals surface area contributed by atoms with Gasteiger partial charge >= 0.3 is 0 Å². The average molecular weight is 493 g/mol. The molecule has 0 aromatic heterocycles. The molecule has 0 aliphatic carbocycles. The van der Waals surface area contributed by atoms with E-state index in [1.807, 2.05) is 54.6 Å². The second-order valence-corrected chi connectivity index (χ2v) is 10.3. The molecule has 5 rings (SSSR count). The Balaban J connectivity index is 1.51. The molecule has 0 unspecified atom stereocenters. The first-order valence-corrected chi connectivity index (χ1v) is 12.9. The predicted octanol–water partition coefficient (Wildman–Crippen LogP) is 2.25. The Labute approximate surface area is 208 Å². The summed E-state index contributed by atoms with van der Waals surface area (Å²) in [6.45, 7) is 1.32. The van der Waals surface area contributed by atoms with Crippen molar-refractivity contribution in [1.29, 1.82) is 0 Å². The van der Waals surface area contributed by atoms with Crippen molar-refractivity contribution in [3.63, 3.8) is 0 Å². The molecule has 2 saturated heterocycles. The summed E-state index contributed by atoms with van der Waals surface area (Å²) in [7, 11) is 0. The molecule has 4 amide bonds. The highest BCUT2D eigenvalue weighted by molar-refractivity contribution is 7.99. The van der Waals surface area contributed by atoms with Crippen LogP contribution in [0, 0.1) is 0 Å². The molecule has 35 heavy (non-hydrogen) atoms. The topological polar surface area (TPSA) is 98.8 Å². The van der Waals surface area contributed by atoms with E-state index in [1.165, 1.54) is 16.7 Å². The van der Waals surface area contributed by atoms with Gasteiger partial charge in [-0.1, -0.05) is 42.5 Å². The van der Waals surface area contributed by atoms with Crippen molar-refractivity contribution in [1.82, 2.24) is 15.5 Å². The summed E-state index contributed by atoms with van der Waals surface area (Å²) in [5, 5.41) is 5.21. The number of fused-ring (bicyclic) bond motifs is 1. The Kier molecular flexibility index (Phi) is 6.77. The molecule has 0 saturated carbocycles. The van der Waals surface area contributed by atoms with Crippen LogP contribution in [0.2, 0.25) is 0 Å². The Bertz CT molecular complexity index is 1140. The lowest BCUT2D eigenvalue weighted by Gasteiger charge is -2.30. The van der Waals surface area contributed by atoms with Crippen LogP contribution in [0.25, 0.3) is 0 Å². The SMILES string of the molecule is O=C1CC[C@@H](C(=O)N[C@H]2C(=O)N(CC(=O)N3CCCC3)c3ccccc3S[C@H]2c2ccccc2)N1. The Morgan fingerprint density at radius 3 is 2.43 bits per heavy atom. The van der Waals surface area contributed by atoms with Crippen LogP contribution in [0.1, 0.15) is 36.5 Å². The fourth-order valence-corrected chi connectivity index (χ4v) is 6.21. The first-order chi connectivity index (χ1) is 17.0. The van der Waals surface area contributed by atoms with Crippen molar-refractivity contribution in [2.45, 2.75) is 47.9 Å². The number of nitrogens with one attached hydrogen (secondary N) is 2. The molecule has 2 N–H and O–H groups in total. The van der Waals surface area contributed by atoms with Crippen molar-refractivity contribution in [2.24, 2.45) is 0 Å². The van der Waals surface area contributed by atoms with Crippen LogP contribution < -0.4 is 15.5 Å². The number of carbonyl (C=O) groups is 4. The standard InChI is InChI=1S/C26H28N4O4S/c31-21-13-12-18(27-21)25(33)28-23-24(17-8-2-1-3-9-17)35-20-11-5-4-10-19(20)30(26(23)34)16-22(32)29-14-6-7-15-29/h1-5,8-11,18,23-24H,6-7,12-16H2,(H,27,31)(H,28,33)/t18-,23+,24-/m0/s1. The normalized spacial score (nSPS) is 24.1. The highest BCUT2D eigenvalue weighted by atomic mass is 32.2. The van der Waals surface area contributed by atoms with Gasteiger partial charge < -0.3 is 20.4 Å². The summed E-state index contributed by atoms with van der Waals surface area (Å²) in [6, 6.07) is 15.6. The van der Waals surface area contributed by atoms with Crippen molar-refractivity contribution in [3.8, 4) is 0 Å². The van der Waals surface area contributed by atoms with Crippen LogP contribution in [-0.4, -0.2) is 60.2 Å². The van der Waals surface area contributed by atoms with Crippen LogP contribution in [-0.2, 0) is 19.2 Å². The van der Waals surface area contributed by atoms with E-state index in [0.717, 1.165) is 23.3 Å². The van der Waals surface area contributed by atoms with Gasteiger partial charge in [-0.2, -0.15) is 0 Å². The number of nitrogens with zero attached hydrogens (tertiary/aromatic N) is 2. The number of carbonyl (C=O) groups excluding carboxylic acids is 4. The molecule has 0 spiro atoms. The van der Waals surface area contributed by atoms with E-state index < -0.39 is 17.3 Å². The molecule has 8 nitrogen and oxygen atoms in total. The number of likely N-dealkylation sites (tertiary alicyclic amines) is 1. The van der Waals surface area contributed by atoms with Crippen LogP contribution in [0.4, 0.5) is 5.69 Å². The lowest BCUT2D eigenvalue weighted by molar-refractivity contribution is -0.132. The highest BCUT2D eigenvalue weighted by Gasteiger charge is 2.42. The van der Waals surface area contributed by atoms with Gasteiger partial charge in [0, 0.05) is 24.4 Å². The number of hydrogen-bond donors (Lipinski definition) is 2. The minimum absolute atomic E-state index is 0.0789. The summed E-state index contributed by atoms with van der Waals surface area (Å²) >= 11 is 1.50. The molecule has 0 bridgehead atoms. The van der Waals surface area contributed by atoms with Crippen LogP contribution in [0.5, 0.6) is 0 Å². The summed E-state index contributed by atoms with van der Waals surface area (Å²) in [5.74, 6) is -0.979. The van der Waals surface area contributed by atoms with Crippen LogP contribution in [0.3, 0.4) is 0 Å². The average Bonchev–Trinajstić information content (AvgIpc) is 3.55. The van der Waals surface area contributed by atoms with E-state index in [4.69, 9.17) is 0 Å². The van der Waals surface area contributed by atoms with E-state index >= 15 is 0 Å². The van der Waals surface area contributed by atoms with E-state index in [0.29, 0.717) is 25.2 Å². The van der Waals surface area contributed by atoms with Gasteiger partial charge in [0.25, 0.3) is 5.91 Å². The Hall–Kier alpha value is -3.33. The van der Waals surface area contributed by atoms with Gasteiger partial charge in [-0.05, 0) is 37.0 Å². The third-order valence-corrected chi connectivity index (χ3v) is 8.13. The van der Waals surface area contributed by atoms with Crippen LogP contribution in [0.15, 0.2) is 59.5 Å². The molecular weight excluding hydrogens is 464 g/mol. The number of anilines is 1. The van der Waals surface area contributed by atoms with E-state index in [1.54, 1.807) is 4.90 Å². The molecule has 2 aromatic carbocycles. The number of thioether (sulfide) groups is 1. The maximum absolute atomic E-state index is 14.1. The second kappa shape index (κ2) is 10.1. The van der Waals surface area contributed by atoms with Gasteiger partial charge in [-0.15, -0.1) is 11.8 Å². The minimum Gasteiger partial charge on any atom is -0.344 e. The smallest absolute Gasteiger partial charge is 0.251 e. The second-order valence-electron chi connectivity index (χ2n) is 9.07. The highest BCUT2D eigenvalue weighted by Crippen LogP contribution is 2.45. The molecule has 2 fully saturated rings. The molecule has 3 aliphatic heterocycles. The number of para-hydroxylation sites is 1. The molecular formula is C26H28N4O4S. The zero-order valence-corrected chi connectivity index (χ0v) is 20.1. The molecule has 182 valence electrons.